The van der Waals surface area contributed by atoms with Gasteiger partial charge in [-0.15, -0.1) is 0 Å². The lowest BCUT2D eigenvalue weighted by Crippen LogP contribution is -1.99. The van der Waals surface area contributed by atoms with Gasteiger partial charge in [0.2, 0.25) is 0 Å². The Hall–Kier alpha value is -1.36. The van der Waals surface area contributed by atoms with Crippen LogP contribution in [0.15, 0.2) is 27.3 Å². The molecule has 5 heteroatoms. The van der Waals surface area contributed by atoms with Crippen LogP contribution in [0.4, 0.5) is 5.82 Å². The van der Waals surface area contributed by atoms with Crippen LogP contribution in [0.25, 0.3) is 11.6 Å². The highest BCUT2D eigenvalue weighted by Gasteiger charge is 2.11. The van der Waals surface area contributed by atoms with Gasteiger partial charge in [0.05, 0.1) is 10.7 Å². The Bertz CT molecular complexity index is 481. The quantitative estimate of drug-likeness (QED) is 0.909. The molecule has 2 N–H and O–H groups in total. The van der Waals surface area contributed by atoms with Crippen molar-refractivity contribution in [1.29, 1.82) is 0 Å². The van der Waals surface area contributed by atoms with Crippen LogP contribution in [0.3, 0.4) is 0 Å². The zero-order valence-corrected chi connectivity index (χ0v) is 9.78. The lowest BCUT2D eigenvalue weighted by Gasteiger charge is -2.02. The molecule has 2 rings (SSSR count). The highest BCUT2D eigenvalue weighted by molar-refractivity contribution is 9.10. The van der Waals surface area contributed by atoms with Crippen molar-refractivity contribution in [3.8, 4) is 11.6 Å². The summed E-state index contributed by atoms with van der Waals surface area (Å²) in [5, 5.41) is 0. The van der Waals surface area contributed by atoms with Crippen molar-refractivity contribution in [3.05, 3.63) is 28.6 Å². The van der Waals surface area contributed by atoms with Crippen LogP contribution < -0.4 is 5.73 Å². The number of halogens is 1. The molecule has 0 saturated carbocycles. The number of aromatic nitrogens is 2. The maximum Gasteiger partial charge on any atom is 0.199 e. The summed E-state index contributed by atoms with van der Waals surface area (Å²) in [6, 6.07) is 3.56. The first-order valence-corrected chi connectivity index (χ1v) is 5.36. The summed E-state index contributed by atoms with van der Waals surface area (Å²) in [5.41, 5.74) is 6.59. The summed E-state index contributed by atoms with van der Waals surface area (Å²) < 4.78 is 6.11. The molecule has 2 aromatic rings. The van der Waals surface area contributed by atoms with E-state index in [-0.39, 0.29) is 0 Å². The number of hydrogen-bond donors (Lipinski definition) is 1. The molecular weight excluding hydrogens is 258 g/mol. The molecule has 0 aliphatic heterocycles. The molecule has 0 radical (unpaired) electrons. The number of hydrogen-bond acceptors (Lipinski definition) is 4. The van der Waals surface area contributed by atoms with Gasteiger partial charge in [-0.2, -0.15) is 0 Å². The fourth-order valence-electron chi connectivity index (χ4n) is 1.25. The van der Waals surface area contributed by atoms with Crippen molar-refractivity contribution in [3.63, 3.8) is 0 Å². The zero-order chi connectivity index (χ0) is 10.8. The third-order valence-corrected chi connectivity index (χ3v) is 2.61. The highest BCUT2D eigenvalue weighted by Crippen LogP contribution is 2.27. The topological polar surface area (TPSA) is 64.9 Å². The molecule has 15 heavy (non-hydrogen) atoms. The smallest absolute Gasteiger partial charge is 0.199 e. The Kier molecular flexibility index (Phi) is 2.73. The summed E-state index contributed by atoms with van der Waals surface area (Å²) in [6.45, 7) is 2.02. The molecule has 2 aromatic heterocycles. The van der Waals surface area contributed by atoms with Crippen LogP contribution >= 0.6 is 15.9 Å². The molecule has 0 aliphatic rings. The van der Waals surface area contributed by atoms with Gasteiger partial charge in [0.1, 0.15) is 5.82 Å². The minimum atomic E-state index is 0.458. The lowest BCUT2D eigenvalue weighted by molar-refractivity contribution is 0.575. The van der Waals surface area contributed by atoms with E-state index in [1.165, 1.54) is 0 Å². The van der Waals surface area contributed by atoms with E-state index in [0.29, 0.717) is 17.4 Å². The summed E-state index contributed by atoms with van der Waals surface area (Å²) in [5.74, 6) is 1.58. The molecule has 0 spiro atoms. The number of nitrogens with two attached hydrogens (primary N) is 1. The number of nitrogens with zero attached hydrogens (tertiary/aromatic N) is 2. The van der Waals surface area contributed by atoms with Gasteiger partial charge in [-0.3, -0.25) is 0 Å². The van der Waals surface area contributed by atoms with E-state index >= 15 is 0 Å². The largest absolute Gasteiger partial charge is 0.460 e. The average Bonchev–Trinajstić information content (AvgIpc) is 2.63. The number of anilines is 1. The summed E-state index contributed by atoms with van der Waals surface area (Å²) >= 11 is 3.36. The lowest BCUT2D eigenvalue weighted by atomic mass is 10.3. The molecule has 0 aliphatic carbocycles. The predicted octanol–water partition coefficient (Wildman–Crippen LogP) is 2.64. The Morgan fingerprint density at radius 3 is 2.87 bits per heavy atom. The van der Waals surface area contributed by atoms with Gasteiger partial charge >= 0.3 is 0 Å². The second-order valence-electron chi connectivity index (χ2n) is 3.06. The Labute approximate surface area is 95.7 Å². The third-order valence-electron chi connectivity index (χ3n) is 1.98. The minimum absolute atomic E-state index is 0.458. The third kappa shape index (κ3) is 2.02. The molecule has 0 atom stereocenters. The molecule has 4 nitrogen and oxygen atoms in total. The molecule has 0 bridgehead atoms. The van der Waals surface area contributed by atoms with Crippen molar-refractivity contribution < 1.29 is 4.42 Å². The van der Waals surface area contributed by atoms with Gasteiger partial charge in [0.25, 0.3) is 0 Å². The Morgan fingerprint density at radius 2 is 2.27 bits per heavy atom. The Morgan fingerprint density at radius 1 is 1.47 bits per heavy atom. The van der Waals surface area contributed by atoms with E-state index in [0.717, 1.165) is 16.6 Å². The van der Waals surface area contributed by atoms with Crippen molar-refractivity contribution in [2.75, 3.05) is 5.73 Å². The van der Waals surface area contributed by atoms with Gasteiger partial charge in [0, 0.05) is 11.8 Å². The maximum absolute atomic E-state index is 5.68. The normalized spacial score (nSPS) is 10.5. The predicted molar refractivity (Wildman–Crippen MR) is 61.2 cm³/mol. The number of nitrogen functional groups attached to an aromatic ring is 1. The minimum Gasteiger partial charge on any atom is -0.460 e. The molecule has 78 valence electrons. The first kappa shape index (κ1) is 10.2. The monoisotopic (exact) mass is 267 g/mol. The second-order valence-corrected chi connectivity index (χ2v) is 3.91. The molecule has 0 aromatic carbocycles. The molecular formula is C10H10BrN3O. The van der Waals surface area contributed by atoms with Crippen LogP contribution in [-0.2, 0) is 6.42 Å². The summed E-state index contributed by atoms with van der Waals surface area (Å²) in [6.07, 6.45) is 2.40. The maximum atomic E-state index is 5.68. The fourth-order valence-corrected chi connectivity index (χ4v) is 1.63. The van der Waals surface area contributed by atoms with Crippen LogP contribution in [0, 0.1) is 0 Å². The van der Waals surface area contributed by atoms with Crippen LogP contribution in [0.1, 0.15) is 12.6 Å². The molecule has 2 heterocycles. The summed E-state index contributed by atoms with van der Waals surface area (Å²) in [7, 11) is 0. The average molecular weight is 268 g/mol. The van der Waals surface area contributed by atoms with Crippen molar-refractivity contribution >= 4 is 21.7 Å². The van der Waals surface area contributed by atoms with Crippen molar-refractivity contribution in [2.45, 2.75) is 13.3 Å². The van der Waals surface area contributed by atoms with Crippen LogP contribution in [0.5, 0.6) is 0 Å². The molecule has 0 fully saturated rings. The highest BCUT2D eigenvalue weighted by atomic mass is 79.9. The SMILES string of the molecule is CCc1cc(N)nc(-c2occc2Br)n1. The standard InChI is InChI=1S/C10H10BrN3O/c1-2-6-5-8(12)14-10(13-6)9-7(11)3-4-15-9/h3-5H,2H2,1H3,(H2,12,13,14). The number of aryl methyl sites for hydroxylation is 1. The molecule has 0 amide bonds. The molecule has 0 unspecified atom stereocenters. The zero-order valence-electron chi connectivity index (χ0n) is 8.20. The molecule has 0 saturated heterocycles. The first-order chi connectivity index (χ1) is 7.20. The van der Waals surface area contributed by atoms with E-state index in [2.05, 4.69) is 25.9 Å². The van der Waals surface area contributed by atoms with Crippen molar-refractivity contribution in [2.24, 2.45) is 0 Å². The number of furan rings is 1. The summed E-state index contributed by atoms with van der Waals surface area (Å²) in [4.78, 5) is 8.47. The van der Waals surface area contributed by atoms with E-state index in [9.17, 15) is 0 Å². The van der Waals surface area contributed by atoms with E-state index < -0.39 is 0 Å². The van der Waals surface area contributed by atoms with Gasteiger partial charge in [-0.1, -0.05) is 6.92 Å². The van der Waals surface area contributed by atoms with Gasteiger partial charge in [-0.25, -0.2) is 9.97 Å². The van der Waals surface area contributed by atoms with E-state index in [1.54, 1.807) is 18.4 Å². The van der Waals surface area contributed by atoms with E-state index in [4.69, 9.17) is 10.2 Å². The number of rotatable bonds is 2. The van der Waals surface area contributed by atoms with Crippen molar-refractivity contribution in [1.82, 2.24) is 9.97 Å². The van der Waals surface area contributed by atoms with E-state index in [1.807, 2.05) is 6.92 Å². The Balaban J connectivity index is 2.53. The van der Waals surface area contributed by atoms with Crippen LogP contribution in [0.2, 0.25) is 0 Å². The second kappa shape index (κ2) is 4.02. The van der Waals surface area contributed by atoms with Gasteiger partial charge in [0.15, 0.2) is 11.6 Å². The fraction of sp³-hybridized carbons (Fsp3) is 0.200. The van der Waals surface area contributed by atoms with Gasteiger partial charge < -0.3 is 10.2 Å². The van der Waals surface area contributed by atoms with Crippen LogP contribution in [-0.4, -0.2) is 9.97 Å². The first-order valence-electron chi connectivity index (χ1n) is 4.57. The van der Waals surface area contributed by atoms with Gasteiger partial charge in [-0.05, 0) is 28.4 Å².